The van der Waals surface area contributed by atoms with E-state index in [-0.39, 0.29) is 30.0 Å². The molecule has 0 saturated heterocycles. The summed E-state index contributed by atoms with van der Waals surface area (Å²) in [5, 5.41) is 9.06. The Morgan fingerprint density at radius 3 is 2.72 bits per heavy atom. The Morgan fingerprint density at radius 2 is 2.08 bits per heavy atom. The van der Waals surface area contributed by atoms with Gasteiger partial charge in [0.05, 0.1) is 31.3 Å². The third kappa shape index (κ3) is 2.98. The number of aliphatic carboxylic acids is 1. The molecule has 25 heavy (non-hydrogen) atoms. The van der Waals surface area contributed by atoms with Crippen LogP contribution >= 0.6 is 0 Å². The van der Waals surface area contributed by atoms with E-state index in [2.05, 4.69) is 0 Å². The first-order chi connectivity index (χ1) is 12.0. The molecule has 1 aliphatic carbocycles. The van der Waals surface area contributed by atoms with E-state index in [1.54, 1.807) is 18.2 Å². The van der Waals surface area contributed by atoms with Crippen molar-refractivity contribution >= 4 is 17.5 Å². The first-order valence-electron chi connectivity index (χ1n) is 8.34. The van der Waals surface area contributed by atoms with E-state index in [1.165, 1.54) is 7.11 Å². The fourth-order valence-electron chi connectivity index (χ4n) is 3.59. The molecule has 1 heterocycles. The molecular formula is C19H20O6. The first kappa shape index (κ1) is 17.4. The van der Waals surface area contributed by atoms with Crippen LogP contribution in [0, 0.1) is 0 Å². The number of hydrogen-bond donors (Lipinski definition) is 1. The molecule has 0 saturated carbocycles. The van der Waals surface area contributed by atoms with Crippen molar-refractivity contribution in [2.75, 3.05) is 7.11 Å². The molecule has 0 spiro atoms. The zero-order valence-corrected chi connectivity index (χ0v) is 14.2. The van der Waals surface area contributed by atoms with Crippen LogP contribution in [0.25, 0.3) is 0 Å². The van der Waals surface area contributed by atoms with Crippen LogP contribution in [0.4, 0.5) is 0 Å². The topological polar surface area (TPSA) is 89.9 Å². The summed E-state index contributed by atoms with van der Waals surface area (Å²) in [5.41, 5.74) is 1.34. The Kier molecular flexibility index (Phi) is 4.72. The van der Waals surface area contributed by atoms with Gasteiger partial charge >= 0.3 is 5.97 Å². The quantitative estimate of drug-likeness (QED) is 0.883. The van der Waals surface area contributed by atoms with Crippen LogP contribution in [0.15, 0.2) is 29.3 Å². The molecule has 1 aliphatic heterocycles. The fourth-order valence-corrected chi connectivity index (χ4v) is 3.59. The molecule has 1 N–H and O–H groups in total. The molecule has 1 aromatic rings. The van der Waals surface area contributed by atoms with Crippen molar-refractivity contribution in [3.05, 3.63) is 40.5 Å². The third-order valence-electron chi connectivity index (χ3n) is 4.63. The number of rotatable bonds is 5. The number of benzene rings is 1. The Balaban J connectivity index is 2.10. The van der Waals surface area contributed by atoms with Gasteiger partial charge in [0.1, 0.15) is 5.75 Å². The van der Waals surface area contributed by atoms with E-state index in [0.29, 0.717) is 28.9 Å². The fraction of sp³-hybridized carbons (Fsp3) is 0.421. The number of ether oxygens (including phenoxy) is 2. The van der Waals surface area contributed by atoms with Crippen LogP contribution in [0.2, 0.25) is 0 Å². The summed E-state index contributed by atoms with van der Waals surface area (Å²) in [5.74, 6) is -1.11. The Morgan fingerprint density at radius 1 is 1.32 bits per heavy atom. The van der Waals surface area contributed by atoms with E-state index >= 15 is 0 Å². The Bertz CT molecular complexity index is 776. The molecule has 0 unspecified atom stereocenters. The molecule has 3 rings (SSSR count). The van der Waals surface area contributed by atoms with Crippen LogP contribution in [0.1, 0.15) is 53.3 Å². The number of Topliss-reactive ketones (excluding diaryl/α,β-unsaturated/α-hetero) is 2. The lowest BCUT2D eigenvalue weighted by Crippen LogP contribution is -2.39. The summed E-state index contributed by atoms with van der Waals surface area (Å²) in [7, 11) is 1.46. The van der Waals surface area contributed by atoms with Crippen LogP contribution in [-0.4, -0.2) is 42.0 Å². The SMILES string of the molecule is CCC[C@H]1O[C@H](CC(=O)O)CC2=C1C(=O)c1c(OC)cccc1C2=O. The summed E-state index contributed by atoms with van der Waals surface area (Å²) in [6.45, 7) is 1.95. The van der Waals surface area contributed by atoms with Gasteiger partial charge < -0.3 is 14.6 Å². The normalized spacial score (nSPS) is 22.5. The van der Waals surface area contributed by atoms with Gasteiger partial charge in [0, 0.05) is 23.1 Å². The molecular weight excluding hydrogens is 324 g/mol. The maximum atomic E-state index is 13.1. The molecule has 0 bridgehead atoms. The zero-order valence-electron chi connectivity index (χ0n) is 14.2. The number of fused-ring (bicyclic) bond motifs is 1. The number of carbonyl (C=O) groups excluding carboxylic acids is 2. The molecule has 0 fully saturated rings. The summed E-state index contributed by atoms with van der Waals surface area (Å²) >= 11 is 0. The van der Waals surface area contributed by atoms with Crippen LogP contribution in [0.5, 0.6) is 5.75 Å². The maximum absolute atomic E-state index is 13.1. The van der Waals surface area contributed by atoms with E-state index in [4.69, 9.17) is 14.6 Å². The molecule has 6 nitrogen and oxygen atoms in total. The summed E-state index contributed by atoms with van der Waals surface area (Å²) in [6.07, 6.45) is 0.0937. The van der Waals surface area contributed by atoms with Crippen molar-refractivity contribution in [2.45, 2.75) is 44.8 Å². The largest absolute Gasteiger partial charge is 0.496 e. The minimum Gasteiger partial charge on any atom is -0.496 e. The van der Waals surface area contributed by atoms with Crippen LogP contribution in [-0.2, 0) is 9.53 Å². The van der Waals surface area contributed by atoms with Crippen molar-refractivity contribution in [3.8, 4) is 5.75 Å². The van der Waals surface area contributed by atoms with Gasteiger partial charge in [-0.2, -0.15) is 0 Å². The van der Waals surface area contributed by atoms with Gasteiger partial charge in [0.2, 0.25) is 0 Å². The monoisotopic (exact) mass is 344 g/mol. The second-order valence-electron chi connectivity index (χ2n) is 6.27. The number of carboxylic acids is 1. The van der Waals surface area contributed by atoms with Gasteiger partial charge in [0.15, 0.2) is 11.6 Å². The molecule has 2 atom stereocenters. The number of carboxylic acid groups (broad SMARTS) is 1. The van der Waals surface area contributed by atoms with Crippen molar-refractivity contribution in [1.29, 1.82) is 0 Å². The third-order valence-corrected chi connectivity index (χ3v) is 4.63. The highest BCUT2D eigenvalue weighted by Crippen LogP contribution is 2.40. The lowest BCUT2D eigenvalue weighted by Gasteiger charge is -2.35. The van der Waals surface area contributed by atoms with E-state index in [9.17, 15) is 14.4 Å². The standard InChI is InChI=1S/C19H20O6/c1-3-5-14-17-12(8-10(25-14)9-15(20)21)18(22)11-6-4-7-13(24-2)16(11)19(17)23/h4,6-7,10,14H,3,5,8-9H2,1-2H3,(H,20,21)/t10-,14+/m0/s1. The Labute approximate surface area is 145 Å². The molecule has 0 aromatic heterocycles. The van der Waals surface area contributed by atoms with Crippen LogP contribution < -0.4 is 4.74 Å². The number of ketones is 2. The van der Waals surface area contributed by atoms with Gasteiger partial charge in [-0.25, -0.2) is 0 Å². The van der Waals surface area contributed by atoms with E-state index in [1.807, 2.05) is 6.92 Å². The first-order valence-corrected chi connectivity index (χ1v) is 8.34. The average molecular weight is 344 g/mol. The molecule has 0 amide bonds. The van der Waals surface area contributed by atoms with Gasteiger partial charge in [-0.1, -0.05) is 25.5 Å². The van der Waals surface area contributed by atoms with Crippen molar-refractivity contribution in [2.24, 2.45) is 0 Å². The van der Waals surface area contributed by atoms with E-state index in [0.717, 1.165) is 6.42 Å². The Hall–Kier alpha value is -2.47. The molecule has 6 heteroatoms. The van der Waals surface area contributed by atoms with Gasteiger partial charge in [-0.05, 0) is 12.5 Å². The predicted molar refractivity (Wildman–Crippen MR) is 89.1 cm³/mol. The van der Waals surface area contributed by atoms with Gasteiger partial charge in [-0.15, -0.1) is 0 Å². The molecule has 1 aromatic carbocycles. The minimum atomic E-state index is -0.985. The van der Waals surface area contributed by atoms with Crippen molar-refractivity contribution in [1.82, 2.24) is 0 Å². The summed E-state index contributed by atoms with van der Waals surface area (Å²) < 4.78 is 11.1. The summed E-state index contributed by atoms with van der Waals surface area (Å²) in [6, 6.07) is 4.94. The number of carbonyl (C=O) groups is 3. The maximum Gasteiger partial charge on any atom is 0.305 e. The zero-order chi connectivity index (χ0) is 18.1. The lowest BCUT2D eigenvalue weighted by molar-refractivity contribution is -0.141. The van der Waals surface area contributed by atoms with Crippen LogP contribution in [0.3, 0.4) is 0 Å². The smallest absolute Gasteiger partial charge is 0.305 e. The highest BCUT2D eigenvalue weighted by Gasteiger charge is 2.42. The van der Waals surface area contributed by atoms with Crippen molar-refractivity contribution in [3.63, 3.8) is 0 Å². The average Bonchev–Trinajstić information content (AvgIpc) is 2.58. The molecule has 0 radical (unpaired) electrons. The predicted octanol–water partition coefficient (Wildman–Crippen LogP) is 2.80. The highest BCUT2D eigenvalue weighted by molar-refractivity contribution is 6.28. The second kappa shape index (κ2) is 6.80. The number of methoxy groups -OCH3 is 1. The lowest BCUT2D eigenvalue weighted by atomic mass is 9.77. The summed E-state index contributed by atoms with van der Waals surface area (Å²) in [4.78, 5) is 37.1. The molecule has 132 valence electrons. The van der Waals surface area contributed by atoms with E-state index < -0.39 is 18.2 Å². The van der Waals surface area contributed by atoms with Gasteiger partial charge in [-0.3, -0.25) is 14.4 Å². The number of hydrogen-bond acceptors (Lipinski definition) is 5. The van der Waals surface area contributed by atoms with Crippen molar-refractivity contribution < 1.29 is 29.0 Å². The second-order valence-corrected chi connectivity index (χ2v) is 6.27. The molecule has 2 aliphatic rings. The minimum absolute atomic E-state index is 0.142. The highest BCUT2D eigenvalue weighted by atomic mass is 16.5. The van der Waals surface area contributed by atoms with Gasteiger partial charge in [0.25, 0.3) is 0 Å².